The molecule has 6 nitrogen and oxygen atoms in total. The normalized spacial score (nSPS) is 9.70. The number of nitrogen functional groups attached to an aromatic ring is 2. The van der Waals surface area contributed by atoms with Crippen LogP contribution in [0, 0.1) is 5.21 Å². The number of hydrogen-bond donors (Lipinski definition) is 2. The van der Waals surface area contributed by atoms with Gasteiger partial charge in [0.15, 0.2) is 0 Å². The Morgan fingerprint density at radius 2 is 1.70 bits per heavy atom. The minimum Gasteiger partial charge on any atom is -0.762 e. The van der Waals surface area contributed by atoms with Crippen molar-refractivity contribution in [3.8, 4) is 0 Å². The van der Waals surface area contributed by atoms with E-state index in [4.69, 9.17) is 23.1 Å². The molecule has 0 radical (unpaired) electrons. The van der Waals surface area contributed by atoms with E-state index in [-0.39, 0.29) is 21.9 Å². The Balaban J connectivity index is 3.31. The molecule has 0 aromatic carbocycles. The van der Waals surface area contributed by atoms with Crippen molar-refractivity contribution in [3.05, 3.63) is 10.5 Å². The highest BCUT2D eigenvalue weighted by Crippen LogP contribution is 2.00. The summed E-state index contributed by atoms with van der Waals surface area (Å²) in [5, 5.41) is 10.5. The van der Waals surface area contributed by atoms with Gasteiger partial charge >= 0.3 is 17.2 Å². The Hall–Kier alpha value is -1.30. The lowest BCUT2D eigenvalue weighted by molar-refractivity contribution is -0.580. The third-order valence-corrected chi connectivity index (χ3v) is 0.999. The molecule has 0 aliphatic rings. The largest absolute Gasteiger partial charge is 0.762 e. The Kier molecular flexibility index (Phi) is 1.46. The first kappa shape index (κ1) is 6.81. The van der Waals surface area contributed by atoms with Gasteiger partial charge in [-0.05, 0) is 11.6 Å². The summed E-state index contributed by atoms with van der Waals surface area (Å²) in [5.41, 5.74) is 10.1. The number of anilines is 2. The Morgan fingerprint density at radius 1 is 1.30 bits per heavy atom. The number of hydrogen-bond acceptors (Lipinski definition) is 5. The van der Waals surface area contributed by atoms with E-state index in [1.54, 1.807) is 0 Å². The second-order valence-electron chi connectivity index (χ2n) is 1.50. The van der Waals surface area contributed by atoms with Gasteiger partial charge < -0.3 is 16.7 Å². The van der Waals surface area contributed by atoms with Gasteiger partial charge in [-0.25, -0.2) is 4.73 Å². The SMILES string of the molecule is Nc1nc(Cl)nc(N)[n+]1[O-]. The predicted octanol–water partition coefficient (Wildman–Crippen LogP) is -1.07. The van der Waals surface area contributed by atoms with Gasteiger partial charge in [-0.2, -0.15) is 0 Å². The molecule has 0 spiro atoms. The molecular weight excluding hydrogens is 158 g/mol. The molecule has 0 unspecified atom stereocenters. The molecule has 0 saturated heterocycles. The molecule has 0 aliphatic heterocycles. The van der Waals surface area contributed by atoms with Crippen molar-refractivity contribution < 1.29 is 4.73 Å². The second kappa shape index (κ2) is 2.14. The molecule has 0 atom stereocenters. The minimum atomic E-state index is -0.308. The molecular formula is C3H4ClN5O. The fraction of sp³-hybridized carbons (Fsp3) is 0. The highest BCUT2D eigenvalue weighted by atomic mass is 35.5. The van der Waals surface area contributed by atoms with E-state index in [1.165, 1.54) is 0 Å². The van der Waals surface area contributed by atoms with Crippen molar-refractivity contribution in [3.63, 3.8) is 0 Å². The average Bonchev–Trinajstić information content (AvgIpc) is 1.82. The molecule has 7 heteroatoms. The van der Waals surface area contributed by atoms with Gasteiger partial charge in [-0.3, -0.25) is 0 Å². The maximum atomic E-state index is 10.6. The standard InChI is InChI=1S/C3H4ClN5O/c4-1-7-2(5)9(10)3(6)8-1/h(H4,5,6,7,8). The molecule has 0 fully saturated rings. The lowest BCUT2D eigenvalue weighted by atomic mass is 10.9. The summed E-state index contributed by atoms with van der Waals surface area (Å²) in [4.78, 5) is 6.67. The number of rotatable bonds is 0. The van der Waals surface area contributed by atoms with Crippen molar-refractivity contribution >= 4 is 23.5 Å². The van der Waals surface area contributed by atoms with Crippen LogP contribution in [-0.2, 0) is 0 Å². The van der Waals surface area contributed by atoms with Gasteiger partial charge in [-0.1, -0.05) is 9.97 Å². The van der Waals surface area contributed by atoms with E-state index in [1.807, 2.05) is 0 Å². The topological polar surface area (TPSA) is 105 Å². The van der Waals surface area contributed by atoms with Crippen LogP contribution in [0.5, 0.6) is 0 Å². The zero-order valence-corrected chi connectivity index (χ0v) is 5.54. The average molecular weight is 162 g/mol. The second-order valence-corrected chi connectivity index (χ2v) is 1.84. The molecule has 1 heterocycles. The minimum absolute atomic E-state index is 0.137. The zero-order chi connectivity index (χ0) is 7.72. The molecule has 0 bridgehead atoms. The van der Waals surface area contributed by atoms with E-state index >= 15 is 0 Å². The molecule has 1 rings (SSSR count). The quantitative estimate of drug-likeness (QED) is 0.372. The first-order valence-corrected chi connectivity index (χ1v) is 2.67. The lowest BCUT2D eigenvalue weighted by Gasteiger charge is -2.06. The number of nitrogens with two attached hydrogens (primary N) is 2. The highest BCUT2D eigenvalue weighted by Gasteiger charge is 2.06. The monoisotopic (exact) mass is 161 g/mol. The molecule has 10 heavy (non-hydrogen) atoms. The Morgan fingerprint density at radius 3 is 2.10 bits per heavy atom. The van der Waals surface area contributed by atoms with Gasteiger partial charge in [0.2, 0.25) is 0 Å². The van der Waals surface area contributed by atoms with Crippen LogP contribution in [0.1, 0.15) is 0 Å². The van der Waals surface area contributed by atoms with E-state index in [0.717, 1.165) is 0 Å². The van der Waals surface area contributed by atoms with Crippen LogP contribution < -0.4 is 16.2 Å². The molecule has 0 saturated carbocycles. The third kappa shape index (κ3) is 1.01. The fourth-order valence-corrected chi connectivity index (χ4v) is 0.595. The van der Waals surface area contributed by atoms with E-state index in [2.05, 4.69) is 9.97 Å². The third-order valence-electron chi connectivity index (χ3n) is 0.830. The summed E-state index contributed by atoms with van der Waals surface area (Å²) >= 11 is 5.29. The van der Waals surface area contributed by atoms with E-state index in [9.17, 15) is 5.21 Å². The molecule has 54 valence electrons. The number of halogens is 1. The van der Waals surface area contributed by atoms with Crippen LogP contribution in [0.2, 0.25) is 5.28 Å². The highest BCUT2D eigenvalue weighted by molar-refractivity contribution is 6.28. The van der Waals surface area contributed by atoms with Gasteiger partial charge in [0.25, 0.3) is 0 Å². The molecule has 0 amide bonds. The van der Waals surface area contributed by atoms with Crippen LogP contribution in [0.4, 0.5) is 11.9 Å². The lowest BCUT2D eigenvalue weighted by Crippen LogP contribution is -2.36. The fourth-order valence-electron chi connectivity index (χ4n) is 0.422. The van der Waals surface area contributed by atoms with E-state index < -0.39 is 0 Å². The summed E-state index contributed by atoms with van der Waals surface area (Å²) in [6, 6.07) is 0. The first-order chi connectivity index (χ1) is 4.61. The molecule has 1 aromatic rings. The van der Waals surface area contributed by atoms with Crippen molar-refractivity contribution in [2.24, 2.45) is 0 Å². The van der Waals surface area contributed by atoms with Crippen LogP contribution in [0.25, 0.3) is 0 Å². The molecule has 4 N–H and O–H groups in total. The van der Waals surface area contributed by atoms with Crippen LogP contribution >= 0.6 is 11.6 Å². The maximum absolute atomic E-state index is 10.6. The van der Waals surface area contributed by atoms with Gasteiger partial charge in [-0.15, -0.1) is 0 Å². The summed E-state index contributed by atoms with van der Waals surface area (Å²) in [6.07, 6.45) is 0. The number of nitrogens with zero attached hydrogens (tertiary/aromatic N) is 3. The smallest absolute Gasteiger partial charge is 0.320 e. The summed E-state index contributed by atoms with van der Waals surface area (Å²) in [7, 11) is 0. The van der Waals surface area contributed by atoms with Gasteiger partial charge in [0.1, 0.15) is 0 Å². The summed E-state index contributed by atoms with van der Waals surface area (Å²) in [5.74, 6) is -0.616. The van der Waals surface area contributed by atoms with Crippen molar-refractivity contribution in [2.45, 2.75) is 0 Å². The summed E-state index contributed by atoms with van der Waals surface area (Å²) in [6.45, 7) is 0. The Bertz CT molecular complexity index is 240. The van der Waals surface area contributed by atoms with Crippen molar-refractivity contribution in [1.29, 1.82) is 0 Å². The van der Waals surface area contributed by atoms with Crippen LogP contribution in [0.15, 0.2) is 0 Å². The van der Waals surface area contributed by atoms with Crippen molar-refractivity contribution in [1.82, 2.24) is 9.97 Å². The van der Waals surface area contributed by atoms with Crippen LogP contribution in [0.3, 0.4) is 0 Å². The van der Waals surface area contributed by atoms with Crippen molar-refractivity contribution in [2.75, 3.05) is 11.5 Å². The molecule has 1 aromatic heterocycles. The zero-order valence-electron chi connectivity index (χ0n) is 4.78. The van der Waals surface area contributed by atoms with Gasteiger partial charge in [0, 0.05) is 0 Å². The first-order valence-electron chi connectivity index (χ1n) is 2.29. The maximum Gasteiger partial charge on any atom is 0.320 e. The van der Waals surface area contributed by atoms with Gasteiger partial charge in [0.05, 0.1) is 0 Å². The van der Waals surface area contributed by atoms with Crippen LogP contribution in [-0.4, -0.2) is 9.97 Å². The van der Waals surface area contributed by atoms with E-state index in [0.29, 0.717) is 0 Å². The molecule has 0 aliphatic carbocycles. The number of aromatic nitrogens is 3. The predicted molar refractivity (Wildman–Crippen MR) is 34.8 cm³/mol. The Labute approximate surface area is 61.0 Å². The summed E-state index contributed by atoms with van der Waals surface area (Å²) < 4.78 is 0.186.